The van der Waals surface area contributed by atoms with Crippen molar-refractivity contribution >= 4 is 5.91 Å². The van der Waals surface area contributed by atoms with Gasteiger partial charge in [0.25, 0.3) is 5.89 Å². The fourth-order valence-corrected chi connectivity index (χ4v) is 3.80. The van der Waals surface area contributed by atoms with E-state index in [-0.39, 0.29) is 25.3 Å². The Hall–Kier alpha value is -4.07. The quantitative estimate of drug-likeness (QED) is 0.441. The van der Waals surface area contributed by atoms with E-state index in [1.807, 2.05) is 61.7 Å². The predicted molar refractivity (Wildman–Crippen MR) is 122 cm³/mol. The second-order valence-corrected chi connectivity index (χ2v) is 8.01. The molecule has 1 atom stereocenters. The van der Waals surface area contributed by atoms with Gasteiger partial charge in [0, 0.05) is 17.8 Å². The molecule has 3 heterocycles. The molecule has 168 valence electrons. The van der Waals surface area contributed by atoms with Gasteiger partial charge in [-0.3, -0.25) is 4.79 Å². The van der Waals surface area contributed by atoms with Gasteiger partial charge in [0.1, 0.15) is 12.2 Å². The van der Waals surface area contributed by atoms with Crippen LogP contribution in [0.4, 0.5) is 0 Å². The van der Waals surface area contributed by atoms with E-state index in [1.165, 1.54) is 5.56 Å². The van der Waals surface area contributed by atoms with Crippen LogP contribution >= 0.6 is 0 Å². The summed E-state index contributed by atoms with van der Waals surface area (Å²) < 4.78 is 18.1. The molecule has 0 aliphatic carbocycles. The minimum Gasteiger partial charge on any atom is -0.454 e. The Morgan fingerprint density at radius 1 is 1.09 bits per heavy atom. The van der Waals surface area contributed by atoms with Crippen molar-refractivity contribution in [3.63, 3.8) is 0 Å². The van der Waals surface area contributed by atoms with Crippen molar-refractivity contribution in [1.29, 1.82) is 0 Å². The summed E-state index contributed by atoms with van der Waals surface area (Å²) >= 11 is 0. The lowest BCUT2D eigenvalue weighted by Gasteiger charge is -2.15. The highest BCUT2D eigenvalue weighted by atomic mass is 16.7. The van der Waals surface area contributed by atoms with E-state index in [2.05, 4.69) is 27.6 Å². The number of hydrogen-bond acceptors (Lipinski definition) is 6. The van der Waals surface area contributed by atoms with Crippen molar-refractivity contribution in [1.82, 2.24) is 20.0 Å². The van der Waals surface area contributed by atoms with Gasteiger partial charge in [-0.2, -0.15) is 4.98 Å². The third kappa shape index (κ3) is 4.74. The molecule has 2 aromatic heterocycles. The Morgan fingerprint density at radius 2 is 1.94 bits per heavy atom. The summed E-state index contributed by atoms with van der Waals surface area (Å²) in [6.45, 7) is 2.39. The van der Waals surface area contributed by atoms with E-state index in [0.717, 1.165) is 18.4 Å². The highest BCUT2D eigenvalue weighted by molar-refractivity contribution is 5.76. The number of nitrogens with zero attached hydrogens (tertiary/aromatic N) is 3. The molecule has 8 nitrogen and oxygen atoms in total. The number of carbonyl (C=O) groups excluding carboxylic acids is 1. The van der Waals surface area contributed by atoms with E-state index < -0.39 is 0 Å². The number of rotatable bonds is 8. The SMILES string of the molecule is C[C@@H](CCc1ccccc1)NC(=O)Cn1cccc1-c1nc(-c2ccc3c(c2)OCO3)no1. The molecule has 0 radical (unpaired) electrons. The lowest BCUT2D eigenvalue weighted by Crippen LogP contribution is -2.35. The van der Waals surface area contributed by atoms with Crippen LogP contribution in [-0.2, 0) is 17.8 Å². The lowest BCUT2D eigenvalue weighted by atomic mass is 10.1. The van der Waals surface area contributed by atoms with Crippen LogP contribution in [0.1, 0.15) is 18.9 Å². The van der Waals surface area contributed by atoms with Crippen LogP contribution in [0.15, 0.2) is 71.4 Å². The molecule has 8 heteroatoms. The largest absolute Gasteiger partial charge is 0.454 e. The Bertz CT molecular complexity index is 1250. The van der Waals surface area contributed by atoms with Gasteiger partial charge in [-0.05, 0) is 55.7 Å². The zero-order valence-electron chi connectivity index (χ0n) is 18.2. The number of carbonyl (C=O) groups is 1. The van der Waals surface area contributed by atoms with Gasteiger partial charge in [0.05, 0.1) is 0 Å². The summed E-state index contributed by atoms with van der Waals surface area (Å²) in [5.41, 5.74) is 2.71. The van der Waals surface area contributed by atoms with Crippen molar-refractivity contribution in [3.8, 4) is 34.5 Å². The van der Waals surface area contributed by atoms with E-state index in [1.54, 1.807) is 4.57 Å². The number of ether oxygens (including phenoxy) is 2. The van der Waals surface area contributed by atoms with Crippen molar-refractivity contribution in [2.45, 2.75) is 32.4 Å². The monoisotopic (exact) mass is 444 g/mol. The summed E-state index contributed by atoms with van der Waals surface area (Å²) in [5.74, 6) is 2.07. The molecule has 1 aliphatic heterocycles. The van der Waals surface area contributed by atoms with Crippen LogP contribution in [0.2, 0.25) is 0 Å². The summed E-state index contributed by atoms with van der Waals surface area (Å²) in [6, 6.07) is 19.5. The zero-order chi connectivity index (χ0) is 22.6. The Morgan fingerprint density at radius 3 is 2.82 bits per heavy atom. The van der Waals surface area contributed by atoms with E-state index in [0.29, 0.717) is 28.9 Å². The van der Waals surface area contributed by atoms with Crippen molar-refractivity contribution < 1.29 is 18.8 Å². The number of benzene rings is 2. The van der Waals surface area contributed by atoms with Crippen molar-refractivity contribution in [2.75, 3.05) is 6.79 Å². The summed E-state index contributed by atoms with van der Waals surface area (Å²) in [6.07, 6.45) is 3.62. The Kier molecular flexibility index (Phi) is 5.80. The molecule has 0 unspecified atom stereocenters. The molecule has 0 spiro atoms. The molecule has 0 bridgehead atoms. The first kappa shape index (κ1) is 20.8. The van der Waals surface area contributed by atoms with Crippen LogP contribution in [0.3, 0.4) is 0 Å². The molecule has 1 amide bonds. The van der Waals surface area contributed by atoms with E-state index in [4.69, 9.17) is 14.0 Å². The molecule has 0 saturated heterocycles. The molecule has 33 heavy (non-hydrogen) atoms. The molecule has 2 aromatic carbocycles. The highest BCUT2D eigenvalue weighted by Gasteiger charge is 2.19. The standard InChI is InChI=1S/C25H24N4O4/c1-17(9-10-18-6-3-2-4-7-18)26-23(30)15-29-13-5-8-20(29)25-27-24(28-33-25)19-11-12-21-22(14-19)32-16-31-21/h2-8,11-14,17H,9-10,15-16H2,1H3,(H,26,30)/t17-/m0/s1. The summed E-state index contributed by atoms with van der Waals surface area (Å²) in [4.78, 5) is 17.1. The zero-order valence-corrected chi connectivity index (χ0v) is 18.2. The van der Waals surface area contributed by atoms with Gasteiger partial charge < -0.3 is 23.9 Å². The molecule has 0 saturated carbocycles. The van der Waals surface area contributed by atoms with Crippen LogP contribution in [0.5, 0.6) is 11.5 Å². The first-order chi connectivity index (χ1) is 16.2. The predicted octanol–water partition coefficient (Wildman–Crippen LogP) is 4.07. The topological polar surface area (TPSA) is 91.4 Å². The van der Waals surface area contributed by atoms with Gasteiger partial charge in [0.2, 0.25) is 18.5 Å². The van der Waals surface area contributed by atoms with Crippen LogP contribution < -0.4 is 14.8 Å². The molecule has 4 aromatic rings. The normalized spacial score (nSPS) is 13.1. The van der Waals surface area contributed by atoms with Gasteiger partial charge >= 0.3 is 0 Å². The minimum absolute atomic E-state index is 0.0662. The van der Waals surface area contributed by atoms with Gasteiger partial charge in [-0.25, -0.2) is 0 Å². The number of fused-ring (bicyclic) bond motifs is 1. The number of hydrogen-bond donors (Lipinski definition) is 1. The highest BCUT2D eigenvalue weighted by Crippen LogP contribution is 2.35. The van der Waals surface area contributed by atoms with Gasteiger partial charge in [0.15, 0.2) is 11.5 Å². The van der Waals surface area contributed by atoms with Gasteiger partial charge in [-0.15, -0.1) is 0 Å². The number of aryl methyl sites for hydroxylation is 1. The molecule has 5 rings (SSSR count). The first-order valence-corrected chi connectivity index (χ1v) is 10.9. The third-order valence-corrected chi connectivity index (χ3v) is 5.54. The molecular weight excluding hydrogens is 420 g/mol. The summed E-state index contributed by atoms with van der Waals surface area (Å²) in [5, 5.41) is 7.16. The number of aromatic nitrogens is 3. The second kappa shape index (κ2) is 9.20. The Balaban J connectivity index is 1.22. The molecular formula is C25H24N4O4. The number of nitrogens with one attached hydrogen (secondary N) is 1. The fourth-order valence-electron chi connectivity index (χ4n) is 3.80. The molecule has 1 aliphatic rings. The molecule has 1 N–H and O–H groups in total. The second-order valence-electron chi connectivity index (χ2n) is 8.01. The van der Waals surface area contributed by atoms with Gasteiger partial charge in [-0.1, -0.05) is 35.5 Å². The maximum atomic E-state index is 12.6. The average molecular weight is 444 g/mol. The smallest absolute Gasteiger partial charge is 0.274 e. The summed E-state index contributed by atoms with van der Waals surface area (Å²) in [7, 11) is 0. The maximum Gasteiger partial charge on any atom is 0.274 e. The van der Waals surface area contributed by atoms with Crippen LogP contribution in [0, 0.1) is 0 Å². The fraction of sp³-hybridized carbons (Fsp3) is 0.240. The Labute approximate surface area is 191 Å². The maximum absolute atomic E-state index is 12.6. The van der Waals surface area contributed by atoms with Crippen LogP contribution in [-0.4, -0.2) is 33.4 Å². The molecule has 0 fully saturated rings. The van der Waals surface area contributed by atoms with Crippen molar-refractivity contribution in [3.05, 3.63) is 72.4 Å². The van der Waals surface area contributed by atoms with Crippen LogP contribution in [0.25, 0.3) is 23.0 Å². The van der Waals surface area contributed by atoms with E-state index >= 15 is 0 Å². The average Bonchev–Trinajstić information content (AvgIpc) is 3.58. The van der Waals surface area contributed by atoms with E-state index in [9.17, 15) is 4.79 Å². The van der Waals surface area contributed by atoms with Crippen molar-refractivity contribution in [2.24, 2.45) is 0 Å². The number of amides is 1. The first-order valence-electron chi connectivity index (χ1n) is 10.9. The minimum atomic E-state index is -0.0662. The third-order valence-electron chi connectivity index (χ3n) is 5.54. The lowest BCUT2D eigenvalue weighted by molar-refractivity contribution is -0.122.